The number of hydrogen-bond donors (Lipinski definition) is 1. The molecule has 0 fully saturated rings. The highest BCUT2D eigenvalue weighted by Crippen LogP contribution is 2.29. The van der Waals surface area contributed by atoms with E-state index in [4.69, 9.17) is 9.47 Å². The van der Waals surface area contributed by atoms with Crippen molar-refractivity contribution in [3.63, 3.8) is 0 Å². The molecule has 0 radical (unpaired) electrons. The maximum atomic E-state index is 5.76. The fourth-order valence-corrected chi connectivity index (χ4v) is 2.65. The maximum Gasteiger partial charge on any atom is 0.161 e. The molecule has 2 aromatic rings. The zero-order valence-corrected chi connectivity index (χ0v) is 16.3. The molecule has 3 nitrogen and oxygen atoms in total. The molecule has 2 aromatic carbocycles. The molecule has 0 amide bonds. The van der Waals surface area contributed by atoms with Crippen LogP contribution in [-0.2, 0) is 18.5 Å². The summed E-state index contributed by atoms with van der Waals surface area (Å²) in [6, 6.07) is 14.9. The van der Waals surface area contributed by atoms with Gasteiger partial charge in [0.25, 0.3) is 0 Å². The molecule has 136 valence electrons. The third-order valence-electron chi connectivity index (χ3n) is 4.07. The van der Waals surface area contributed by atoms with Gasteiger partial charge >= 0.3 is 0 Å². The minimum atomic E-state index is 0.133. The molecule has 0 aliphatic heterocycles. The van der Waals surface area contributed by atoms with Gasteiger partial charge in [0.2, 0.25) is 0 Å². The van der Waals surface area contributed by atoms with E-state index in [0.29, 0.717) is 0 Å². The monoisotopic (exact) mass is 341 g/mol. The largest absolute Gasteiger partial charge is 0.493 e. The van der Waals surface area contributed by atoms with Gasteiger partial charge in [0.05, 0.1) is 13.2 Å². The van der Waals surface area contributed by atoms with Crippen LogP contribution in [0.1, 0.15) is 51.3 Å². The summed E-state index contributed by atoms with van der Waals surface area (Å²) in [5, 5.41) is 3.49. The van der Waals surface area contributed by atoms with E-state index in [-0.39, 0.29) is 11.5 Å². The van der Waals surface area contributed by atoms with Crippen LogP contribution in [0, 0.1) is 0 Å². The van der Waals surface area contributed by atoms with Crippen LogP contribution in [0.3, 0.4) is 0 Å². The SMILES string of the molecule is COc1cc(CNCc2ccc(C(C)(C)C)cc2)ccc1OC(C)C. The Kier molecular flexibility index (Phi) is 6.49. The first kappa shape index (κ1) is 19.3. The van der Waals surface area contributed by atoms with Crippen molar-refractivity contribution in [2.75, 3.05) is 7.11 Å². The lowest BCUT2D eigenvalue weighted by Gasteiger charge is -2.19. The van der Waals surface area contributed by atoms with E-state index in [0.717, 1.165) is 24.6 Å². The molecule has 0 spiro atoms. The van der Waals surface area contributed by atoms with E-state index in [1.54, 1.807) is 7.11 Å². The van der Waals surface area contributed by atoms with Gasteiger partial charge in [-0.3, -0.25) is 0 Å². The molecule has 0 atom stereocenters. The Morgan fingerprint density at radius 2 is 1.48 bits per heavy atom. The van der Waals surface area contributed by atoms with E-state index in [1.165, 1.54) is 16.7 Å². The van der Waals surface area contributed by atoms with Gasteiger partial charge in [0.15, 0.2) is 11.5 Å². The van der Waals surface area contributed by atoms with Crippen LogP contribution in [0.15, 0.2) is 42.5 Å². The third-order valence-corrected chi connectivity index (χ3v) is 4.07. The summed E-state index contributed by atoms with van der Waals surface area (Å²) < 4.78 is 11.2. The summed E-state index contributed by atoms with van der Waals surface area (Å²) in [5.74, 6) is 1.57. The highest BCUT2D eigenvalue weighted by Gasteiger charge is 2.12. The van der Waals surface area contributed by atoms with Crippen molar-refractivity contribution in [3.05, 3.63) is 59.2 Å². The normalized spacial score (nSPS) is 11.6. The summed E-state index contributed by atoms with van der Waals surface area (Å²) in [5.41, 5.74) is 4.03. The van der Waals surface area contributed by atoms with Gasteiger partial charge in [-0.2, -0.15) is 0 Å². The summed E-state index contributed by atoms with van der Waals surface area (Å²) in [7, 11) is 1.68. The zero-order valence-electron chi connectivity index (χ0n) is 16.3. The Bertz CT molecular complexity index is 669. The van der Waals surface area contributed by atoms with Crippen molar-refractivity contribution in [2.45, 2.75) is 59.2 Å². The minimum absolute atomic E-state index is 0.133. The number of ether oxygens (including phenoxy) is 2. The second kappa shape index (κ2) is 8.39. The van der Waals surface area contributed by atoms with Crippen molar-refractivity contribution < 1.29 is 9.47 Å². The van der Waals surface area contributed by atoms with Crippen LogP contribution >= 0.6 is 0 Å². The molecule has 0 unspecified atom stereocenters. The summed E-state index contributed by atoms with van der Waals surface area (Å²) in [6.07, 6.45) is 0.133. The smallest absolute Gasteiger partial charge is 0.161 e. The topological polar surface area (TPSA) is 30.5 Å². The summed E-state index contributed by atoms with van der Waals surface area (Å²) in [4.78, 5) is 0. The predicted octanol–water partition coefficient (Wildman–Crippen LogP) is 5.07. The Hall–Kier alpha value is -2.00. The Balaban J connectivity index is 1.93. The van der Waals surface area contributed by atoms with Crippen LogP contribution in [0.4, 0.5) is 0 Å². The predicted molar refractivity (Wildman–Crippen MR) is 104 cm³/mol. The second-order valence-electron chi connectivity index (χ2n) is 7.70. The third kappa shape index (κ3) is 5.79. The van der Waals surface area contributed by atoms with Gasteiger partial charge in [-0.1, -0.05) is 51.1 Å². The molecule has 0 aromatic heterocycles. The first-order valence-corrected chi connectivity index (χ1v) is 8.93. The molecule has 0 saturated heterocycles. The van der Waals surface area contributed by atoms with Gasteiger partial charge in [-0.15, -0.1) is 0 Å². The molecule has 25 heavy (non-hydrogen) atoms. The van der Waals surface area contributed by atoms with Crippen LogP contribution < -0.4 is 14.8 Å². The fourth-order valence-electron chi connectivity index (χ4n) is 2.65. The summed E-state index contributed by atoms with van der Waals surface area (Å²) >= 11 is 0. The molecule has 0 heterocycles. The lowest BCUT2D eigenvalue weighted by Crippen LogP contribution is -2.14. The first-order valence-electron chi connectivity index (χ1n) is 8.93. The van der Waals surface area contributed by atoms with Gasteiger partial charge in [0, 0.05) is 13.1 Å². The number of rotatable bonds is 7. The van der Waals surface area contributed by atoms with Crippen molar-refractivity contribution in [1.29, 1.82) is 0 Å². The zero-order chi connectivity index (χ0) is 18.4. The number of methoxy groups -OCH3 is 1. The molecule has 0 aliphatic rings. The molecule has 3 heteroatoms. The minimum Gasteiger partial charge on any atom is -0.493 e. The second-order valence-corrected chi connectivity index (χ2v) is 7.70. The van der Waals surface area contributed by atoms with Crippen LogP contribution in [0.5, 0.6) is 11.5 Å². The quantitative estimate of drug-likeness (QED) is 0.763. The highest BCUT2D eigenvalue weighted by molar-refractivity contribution is 5.43. The summed E-state index contributed by atoms with van der Waals surface area (Å²) in [6.45, 7) is 12.4. The highest BCUT2D eigenvalue weighted by atomic mass is 16.5. The van der Waals surface area contributed by atoms with Crippen LogP contribution in [-0.4, -0.2) is 13.2 Å². The average Bonchev–Trinajstić information content (AvgIpc) is 2.55. The molecule has 0 aliphatic carbocycles. The maximum absolute atomic E-state index is 5.76. The van der Waals surface area contributed by atoms with E-state index in [2.05, 4.69) is 56.4 Å². The lowest BCUT2D eigenvalue weighted by molar-refractivity contribution is 0.230. The van der Waals surface area contributed by atoms with Crippen LogP contribution in [0.2, 0.25) is 0 Å². The number of nitrogens with one attached hydrogen (secondary N) is 1. The fraction of sp³-hybridized carbons (Fsp3) is 0.455. The van der Waals surface area contributed by atoms with Gasteiger partial charge in [-0.05, 0) is 48.1 Å². The van der Waals surface area contributed by atoms with Crippen LogP contribution in [0.25, 0.3) is 0 Å². The van der Waals surface area contributed by atoms with Gasteiger partial charge in [-0.25, -0.2) is 0 Å². The van der Waals surface area contributed by atoms with E-state index < -0.39 is 0 Å². The van der Waals surface area contributed by atoms with E-state index in [9.17, 15) is 0 Å². The number of hydrogen-bond acceptors (Lipinski definition) is 3. The molecular weight excluding hydrogens is 310 g/mol. The van der Waals surface area contributed by atoms with Crippen molar-refractivity contribution >= 4 is 0 Å². The number of benzene rings is 2. The first-order chi connectivity index (χ1) is 11.8. The standard InChI is InChI=1S/C22H31NO2/c1-16(2)25-20-12-9-18(13-21(20)24-6)15-23-14-17-7-10-19(11-8-17)22(3,4)5/h7-13,16,23H,14-15H2,1-6H3. The van der Waals surface area contributed by atoms with Gasteiger partial charge < -0.3 is 14.8 Å². The molecular formula is C22H31NO2. The molecule has 2 rings (SSSR count). The van der Waals surface area contributed by atoms with Gasteiger partial charge in [0.1, 0.15) is 0 Å². The Morgan fingerprint density at radius 3 is 2.04 bits per heavy atom. The van der Waals surface area contributed by atoms with E-state index in [1.807, 2.05) is 26.0 Å². The van der Waals surface area contributed by atoms with Crippen molar-refractivity contribution in [1.82, 2.24) is 5.32 Å². The van der Waals surface area contributed by atoms with Crippen molar-refractivity contribution in [2.24, 2.45) is 0 Å². The Labute approximate surface area is 152 Å². The van der Waals surface area contributed by atoms with E-state index >= 15 is 0 Å². The molecule has 0 bridgehead atoms. The average molecular weight is 341 g/mol. The molecule has 1 N–H and O–H groups in total. The van der Waals surface area contributed by atoms with Crippen molar-refractivity contribution in [3.8, 4) is 11.5 Å². The Morgan fingerprint density at radius 1 is 0.880 bits per heavy atom. The molecule has 0 saturated carbocycles. The lowest BCUT2D eigenvalue weighted by atomic mass is 9.87.